The molecule has 0 fully saturated rings. The second-order valence-corrected chi connectivity index (χ2v) is 6.05. The normalized spacial score (nSPS) is 11.9. The fourth-order valence-corrected chi connectivity index (χ4v) is 3.08. The molecule has 0 bridgehead atoms. The lowest BCUT2D eigenvalue weighted by molar-refractivity contribution is -0.137. The third kappa shape index (κ3) is 4.02. The zero-order valence-electron chi connectivity index (χ0n) is 14.2. The number of benzene rings is 2. The molecule has 2 aromatic carbocycles. The van der Waals surface area contributed by atoms with Crippen LogP contribution >= 0.6 is 0 Å². The molecule has 132 valence electrons. The summed E-state index contributed by atoms with van der Waals surface area (Å²) >= 11 is 0. The summed E-state index contributed by atoms with van der Waals surface area (Å²) < 4.78 is 28.1. The summed E-state index contributed by atoms with van der Waals surface area (Å²) in [5.41, 5.74) is 3.18. The van der Waals surface area contributed by atoms with E-state index in [1.54, 1.807) is 26.8 Å². The quantitative estimate of drug-likeness (QED) is 0.781. The van der Waals surface area contributed by atoms with E-state index in [-0.39, 0.29) is 11.4 Å². The summed E-state index contributed by atoms with van der Waals surface area (Å²) in [5.74, 6) is -2.08. The van der Waals surface area contributed by atoms with E-state index in [2.05, 4.69) is 5.32 Å². The number of carboxylic acids is 1. The van der Waals surface area contributed by atoms with Gasteiger partial charge in [-0.25, -0.2) is 8.78 Å². The molecule has 0 aliphatic heterocycles. The molecule has 1 amide bonds. The van der Waals surface area contributed by atoms with Gasteiger partial charge in [-0.2, -0.15) is 0 Å². The molecular weight excluding hydrogens is 328 g/mol. The molecule has 2 N–H and O–H groups in total. The Morgan fingerprint density at radius 1 is 1.12 bits per heavy atom. The number of halogens is 2. The summed E-state index contributed by atoms with van der Waals surface area (Å²) in [5, 5.41) is 11.4. The van der Waals surface area contributed by atoms with Crippen LogP contribution in [0.4, 0.5) is 8.78 Å². The summed E-state index contributed by atoms with van der Waals surface area (Å²) in [6, 6.07) is 4.93. The lowest BCUT2D eigenvalue weighted by atomic mass is 9.90. The van der Waals surface area contributed by atoms with Crippen LogP contribution in [0.1, 0.15) is 34.7 Å². The van der Waals surface area contributed by atoms with Crippen molar-refractivity contribution in [2.75, 3.05) is 0 Å². The second-order valence-electron chi connectivity index (χ2n) is 6.05. The van der Waals surface area contributed by atoms with Gasteiger partial charge in [-0.15, -0.1) is 0 Å². The number of rotatable bonds is 6. The molecule has 25 heavy (non-hydrogen) atoms. The fourth-order valence-electron chi connectivity index (χ4n) is 3.08. The Morgan fingerprint density at radius 2 is 1.72 bits per heavy atom. The number of aryl methyl sites for hydroxylation is 3. The molecule has 2 rings (SSSR count). The highest BCUT2D eigenvalue weighted by molar-refractivity contribution is 5.73. The smallest absolute Gasteiger partial charge is 0.305 e. The van der Waals surface area contributed by atoms with Crippen LogP contribution in [0.2, 0.25) is 0 Å². The minimum absolute atomic E-state index is 0.0904. The van der Waals surface area contributed by atoms with Gasteiger partial charge in [-0.3, -0.25) is 9.59 Å². The number of aliphatic carboxylic acids is 1. The summed E-state index contributed by atoms with van der Waals surface area (Å²) in [6.45, 7) is 5.07. The predicted molar refractivity (Wildman–Crippen MR) is 90.2 cm³/mol. The molecule has 0 radical (unpaired) electrons. The number of hydrogen-bond acceptors (Lipinski definition) is 2. The third-order valence-corrected chi connectivity index (χ3v) is 4.09. The van der Waals surface area contributed by atoms with E-state index in [0.717, 1.165) is 5.56 Å². The Bertz CT molecular complexity index is 811. The number of nitrogens with one attached hydrogen (secondary N) is 1. The fraction of sp³-hybridized carbons (Fsp3) is 0.263. The Morgan fingerprint density at radius 3 is 2.24 bits per heavy atom. The number of carboxylic acid groups (broad SMARTS) is 1. The van der Waals surface area contributed by atoms with Crippen LogP contribution in [0.15, 0.2) is 24.3 Å². The molecular formula is C19H19F2NO3. The number of carbonyl (C=O) groups excluding carboxylic acids is 1. The van der Waals surface area contributed by atoms with Crippen LogP contribution in [0.5, 0.6) is 0 Å². The molecule has 6 heteroatoms. The monoisotopic (exact) mass is 347 g/mol. The number of carbonyl (C=O) groups is 2. The van der Waals surface area contributed by atoms with Crippen LogP contribution < -0.4 is 5.32 Å². The molecule has 0 heterocycles. The van der Waals surface area contributed by atoms with Crippen molar-refractivity contribution >= 4 is 12.4 Å². The van der Waals surface area contributed by atoms with E-state index < -0.39 is 24.2 Å². The van der Waals surface area contributed by atoms with Gasteiger partial charge in [0.25, 0.3) is 0 Å². The van der Waals surface area contributed by atoms with E-state index in [4.69, 9.17) is 5.11 Å². The van der Waals surface area contributed by atoms with Crippen molar-refractivity contribution in [1.29, 1.82) is 0 Å². The van der Waals surface area contributed by atoms with Crippen molar-refractivity contribution in [3.63, 3.8) is 0 Å². The number of amides is 1. The highest BCUT2D eigenvalue weighted by Crippen LogP contribution is 2.33. The van der Waals surface area contributed by atoms with Crippen LogP contribution in [0.3, 0.4) is 0 Å². The summed E-state index contributed by atoms with van der Waals surface area (Å²) in [6.07, 6.45) is -0.0939. The average molecular weight is 347 g/mol. The van der Waals surface area contributed by atoms with Gasteiger partial charge in [0.1, 0.15) is 11.6 Å². The van der Waals surface area contributed by atoms with Gasteiger partial charge in [0, 0.05) is 5.56 Å². The highest BCUT2D eigenvalue weighted by atomic mass is 19.1. The van der Waals surface area contributed by atoms with Crippen LogP contribution in [0.25, 0.3) is 11.1 Å². The van der Waals surface area contributed by atoms with E-state index in [0.29, 0.717) is 28.7 Å². The third-order valence-electron chi connectivity index (χ3n) is 4.09. The van der Waals surface area contributed by atoms with Gasteiger partial charge in [0.15, 0.2) is 0 Å². The first kappa shape index (κ1) is 18.6. The van der Waals surface area contributed by atoms with Gasteiger partial charge >= 0.3 is 5.97 Å². The Hall–Kier alpha value is -2.76. The second kappa shape index (κ2) is 7.42. The van der Waals surface area contributed by atoms with Crippen molar-refractivity contribution in [2.24, 2.45) is 0 Å². The van der Waals surface area contributed by atoms with Crippen molar-refractivity contribution in [1.82, 2.24) is 5.32 Å². The minimum atomic E-state index is -1.16. The molecule has 0 saturated carbocycles. The molecule has 0 spiro atoms. The minimum Gasteiger partial charge on any atom is -0.481 e. The summed E-state index contributed by atoms with van der Waals surface area (Å²) in [4.78, 5) is 21.8. The zero-order valence-corrected chi connectivity index (χ0v) is 14.2. The lowest BCUT2D eigenvalue weighted by Crippen LogP contribution is -2.23. The maximum Gasteiger partial charge on any atom is 0.305 e. The molecule has 4 nitrogen and oxygen atoms in total. The van der Waals surface area contributed by atoms with Crippen molar-refractivity contribution in [2.45, 2.75) is 33.2 Å². The van der Waals surface area contributed by atoms with E-state index in [1.807, 2.05) is 0 Å². The van der Waals surface area contributed by atoms with E-state index in [1.165, 1.54) is 18.2 Å². The van der Waals surface area contributed by atoms with Crippen LogP contribution in [-0.2, 0) is 9.59 Å². The number of hydrogen-bond donors (Lipinski definition) is 2. The molecule has 0 unspecified atom stereocenters. The maximum absolute atomic E-state index is 14.6. The van der Waals surface area contributed by atoms with E-state index in [9.17, 15) is 18.4 Å². The van der Waals surface area contributed by atoms with Gasteiger partial charge in [-0.1, -0.05) is 0 Å². The first-order chi connectivity index (χ1) is 11.7. The molecule has 2 aromatic rings. The van der Waals surface area contributed by atoms with Crippen molar-refractivity contribution in [3.05, 3.63) is 58.2 Å². The highest BCUT2D eigenvalue weighted by Gasteiger charge is 2.22. The molecule has 0 saturated heterocycles. The van der Waals surface area contributed by atoms with Gasteiger partial charge in [0.05, 0.1) is 12.5 Å². The lowest BCUT2D eigenvalue weighted by Gasteiger charge is -2.19. The molecule has 1 atom stereocenters. The van der Waals surface area contributed by atoms with Crippen LogP contribution in [0, 0.1) is 32.4 Å². The Labute approximate surface area is 144 Å². The largest absolute Gasteiger partial charge is 0.481 e. The first-order valence-electron chi connectivity index (χ1n) is 7.73. The predicted octanol–water partition coefficient (Wildman–Crippen LogP) is 3.82. The maximum atomic E-state index is 14.6. The Kier molecular flexibility index (Phi) is 5.51. The van der Waals surface area contributed by atoms with Crippen LogP contribution in [-0.4, -0.2) is 17.5 Å². The Balaban J connectivity index is 2.65. The molecule has 0 aliphatic carbocycles. The molecule has 0 aromatic heterocycles. The van der Waals surface area contributed by atoms with Gasteiger partial charge in [0.2, 0.25) is 6.41 Å². The van der Waals surface area contributed by atoms with E-state index >= 15 is 0 Å². The standard InChI is InChI=1S/C19H19F2NO3/c1-10-5-14(20)6-11(2)18(10)13-4-12(3)19(21)15(7-13)16(22-9-23)8-17(24)25/h4-7,9,16H,8H2,1-3H3,(H,22,23)(H,24,25)/t16-/m0/s1. The first-order valence-corrected chi connectivity index (χ1v) is 7.73. The topological polar surface area (TPSA) is 66.4 Å². The molecule has 0 aliphatic rings. The average Bonchev–Trinajstić information content (AvgIpc) is 2.48. The van der Waals surface area contributed by atoms with Gasteiger partial charge in [-0.05, 0) is 72.9 Å². The SMILES string of the molecule is Cc1cc(-c2c(C)cc(F)cc2C)cc([C@H](CC(=O)O)NC=O)c1F. The summed E-state index contributed by atoms with van der Waals surface area (Å²) in [7, 11) is 0. The van der Waals surface area contributed by atoms with Gasteiger partial charge < -0.3 is 10.4 Å². The zero-order chi connectivity index (χ0) is 18.7. The van der Waals surface area contributed by atoms with Crippen molar-refractivity contribution in [3.8, 4) is 11.1 Å². The van der Waals surface area contributed by atoms with Crippen molar-refractivity contribution < 1.29 is 23.5 Å².